The third kappa shape index (κ3) is 2.44. The predicted molar refractivity (Wildman–Crippen MR) is 54.1 cm³/mol. The molecule has 0 bridgehead atoms. The smallest absolute Gasteiger partial charge is 0.178 e. The van der Waals surface area contributed by atoms with E-state index in [4.69, 9.17) is 0 Å². The normalized spacial score (nSPS) is 10.8. The van der Waals surface area contributed by atoms with Crippen LogP contribution in [0.25, 0.3) is 0 Å². The maximum Gasteiger partial charge on any atom is 0.178 e. The molecular weight excluding hydrogens is 162 g/mol. The molecule has 1 rings (SSSR count). The Kier molecular flexibility index (Phi) is 3.29. The number of hydrogen-bond acceptors (Lipinski definition) is 1. The molecule has 0 atom stereocenters. The van der Waals surface area contributed by atoms with Crippen molar-refractivity contribution in [3.63, 3.8) is 0 Å². The summed E-state index contributed by atoms with van der Waals surface area (Å²) in [4.78, 5) is 14.5. The van der Waals surface area contributed by atoms with Crippen molar-refractivity contribution in [1.29, 1.82) is 0 Å². The number of aromatic nitrogens is 1. The summed E-state index contributed by atoms with van der Waals surface area (Å²) >= 11 is 0. The van der Waals surface area contributed by atoms with Crippen LogP contribution in [0, 0.1) is 0 Å². The van der Waals surface area contributed by atoms with Gasteiger partial charge in [0.2, 0.25) is 0 Å². The molecule has 0 aliphatic heterocycles. The second-order valence-corrected chi connectivity index (χ2v) is 3.67. The molecule has 13 heavy (non-hydrogen) atoms. The number of aromatic amines is 1. The topological polar surface area (TPSA) is 32.9 Å². The number of ketones is 1. The van der Waals surface area contributed by atoms with E-state index in [-0.39, 0.29) is 5.78 Å². The van der Waals surface area contributed by atoms with Crippen molar-refractivity contribution in [3.8, 4) is 0 Å². The fourth-order valence-electron chi connectivity index (χ4n) is 1.27. The van der Waals surface area contributed by atoms with Crippen molar-refractivity contribution in [1.82, 2.24) is 4.98 Å². The SMILES string of the molecule is CCCC(=O)c1cc(C(C)C)c[nH]1. The molecule has 0 unspecified atom stereocenters. The van der Waals surface area contributed by atoms with E-state index in [2.05, 4.69) is 18.8 Å². The fraction of sp³-hybridized carbons (Fsp3) is 0.545. The Hall–Kier alpha value is -1.05. The van der Waals surface area contributed by atoms with Crippen molar-refractivity contribution in [3.05, 3.63) is 23.5 Å². The summed E-state index contributed by atoms with van der Waals surface area (Å²) in [5.74, 6) is 0.703. The fourth-order valence-corrected chi connectivity index (χ4v) is 1.27. The van der Waals surface area contributed by atoms with Gasteiger partial charge in [0, 0.05) is 12.6 Å². The van der Waals surface area contributed by atoms with Crippen molar-refractivity contribution in [2.75, 3.05) is 0 Å². The summed E-state index contributed by atoms with van der Waals surface area (Å²) in [5.41, 5.74) is 1.96. The van der Waals surface area contributed by atoms with Crippen LogP contribution in [0.15, 0.2) is 12.3 Å². The second-order valence-electron chi connectivity index (χ2n) is 3.67. The lowest BCUT2D eigenvalue weighted by molar-refractivity contribution is 0.0977. The first-order valence-corrected chi connectivity index (χ1v) is 4.86. The van der Waals surface area contributed by atoms with Gasteiger partial charge in [0.15, 0.2) is 5.78 Å². The van der Waals surface area contributed by atoms with Crippen LogP contribution >= 0.6 is 0 Å². The molecule has 1 aromatic rings. The molecule has 0 amide bonds. The lowest BCUT2D eigenvalue weighted by Crippen LogP contribution is -1.97. The molecule has 0 fully saturated rings. The number of Topliss-reactive ketones (excluding diaryl/α,β-unsaturated/α-hetero) is 1. The monoisotopic (exact) mass is 179 g/mol. The summed E-state index contributed by atoms with van der Waals surface area (Å²) in [6.45, 7) is 6.26. The van der Waals surface area contributed by atoms with Crippen LogP contribution in [0.4, 0.5) is 0 Å². The van der Waals surface area contributed by atoms with Crippen LogP contribution in [0.5, 0.6) is 0 Å². The zero-order valence-corrected chi connectivity index (χ0v) is 8.55. The summed E-state index contributed by atoms with van der Waals surface area (Å²) in [5, 5.41) is 0. The third-order valence-corrected chi connectivity index (χ3v) is 2.15. The molecule has 1 heterocycles. The lowest BCUT2D eigenvalue weighted by Gasteiger charge is -1.97. The molecule has 0 aliphatic carbocycles. The second kappa shape index (κ2) is 4.26. The number of H-pyrrole nitrogens is 1. The zero-order valence-electron chi connectivity index (χ0n) is 8.55. The van der Waals surface area contributed by atoms with Crippen LogP contribution in [-0.4, -0.2) is 10.8 Å². The molecule has 0 radical (unpaired) electrons. The first-order valence-electron chi connectivity index (χ1n) is 4.86. The minimum absolute atomic E-state index is 0.217. The van der Waals surface area contributed by atoms with Gasteiger partial charge >= 0.3 is 0 Å². The van der Waals surface area contributed by atoms with Gasteiger partial charge in [0.05, 0.1) is 5.69 Å². The largest absolute Gasteiger partial charge is 0.359 e. The van der Waals surface area contributed by atoms with Crippen LogP contribution in [-0.2, 0) is 0 Å². The van der Waals surface area contributed by atoms with Crippen molar-refractivity contribution < 1.29 is 4.79 Å². The molecule has 72 valence electrons. The summed E-state index contributed by atoms with van der Waals surface area (Å²) < 4.78 is 0. The van der Waals surface area contributed by atoms with Crippen molar-refractivity contribution >= 4 is 5.78 Å². The van der Waals surface area contributed by atoms with Crippen molar-refractivity contribution in [2.45, 2.75) is 39.5 Å². The molecule has 2 heteroatoms. The van der Waals surface area contributed by atoms with Crippen LogP contribution in [0.2, 0.25) is 0 Å². The minimum atomic E-state index is 0.217. The molecule has 1 aromatic heterocycles. The number of hydrogen-bond donors (Lipinski definition) is 1. The van der Waals surface area contributed by atoms with E-state index < -0.39 is 0 Å². The summed E-state index contributed by atoms with van der Waals surface area (Å²) in [6, 6.07) is 1.96. The van der Waals surface area contributed by atoms with E-state index in [1.807, 2.05) is 19.2 Å². The highest BCUT2D eigenvalue weighted by Gasteiger charge is 2.08. The molecule has 0 aromatic carbocycles. The Morgan fingerprint density at radius 2 is 2.23 bits per heavy atom. The van der Waals surface area contributed by atoms with Gasteiger partial charge in [-0.05, 0) is 24.0 Å². The Morgan fingerprint density at radius 1 is 1.54 bits per heavy atom. The highest BCUT2D eigenvalue weighted by molar-refractivity contribution is 5.94. The van der Waals surface area contributed by atoms with Crippen LogP contribution in [0.3, 0.4) is 0 Å². The van der Waals surface area contributed by atoms with Gasteiger partial charge in [-0.2, -0.15) is 0 Å². The van der Waals surface area contributed by atoms with Gasteiger partial charge in [-0.3, -0.25) is 4.79 Å². The van der Waals surface area contributed by atoms with Gasteiger partial charge in [-0.25, -0.2) is 0 Å². The quantitative estimate of drug-likeness (QED) is 0.708. The number of nitrogens with one attached hydrogen (secondary N) is 1. The van der Waals surface area contributed by atoms with E-state index in [9.17, 15) is 4.79 Å². The van der Waals surface area contributed by atoms with Gasteiger partial charge in [0.25, 0.3) is 0 Å². The summed E-state index contributed by atoms with van der Waals surface area (Å²) in [6.07, 6.45) is 3.47. The molecule has 0 saturated carbocycles. The van der Waals surface area contributed by atoms with Gasteiger partial charge in [-0.1, -0.05) is 20.8 Å². The maximum atomic E-state index is 11.4. The first kappa shape index (κ1) is 10.0. The first-order chi connectivity index (χ1) is 6.15. The van der Waals surface area contributed by atoms with E-state index in [1.165, 1.54) is 5.56 Å². The number of carbonyl (C=O) groups excluding carboxylic acids is 1. The highest BCUT2D eigenvalue weighted by atomic mass is 16.1. The Balaban J connectivity index is 2.73. The van der Waals surface area contributed by atoms with Crippen molar-refractivity contribution in [2.24, 2.45) is 0 Å². The number of rotatable bonds is 4. The predicted octanol–water partition coefficient (Wildman–Crippen LogP) is 3.12. The average molecular weight is 179 g/mol. The molecule has 0 spiro atoms. The maximum absolute atomic E-state index is 11.4. The average Bonchev–Trinajstić information content (AvgIpc) is 2.52. The Labute approximate surface area is 79.4 Å². The Morgan fingerprint density at radius 3 is 2.69 bits per heavy atom. The number of carbonyl (C=O) groups is 1. The molecule has 2 nitrogen and oxygen atoms in total. The third-order valence-electron chi connectivity index (χ3n) is 2.15. The molecular formula is C11H17NO. The standard InChI is InChI=1S/C11H17NO/c1-4-5-11(13)10-6-9(7-12-10)8(2)3/h6-8,12H,4-5H2,1-3H3. The van der Waals surface area contributed by atoms with Gasteiger partial charge < -0.3 is 4.98 Å². The zero-order chi connectivity index (χ0) is 9.84. The van der Waals surface area contributed by atoms with Crippen LogP contribution in [0.1, 0.15) is 55.6 Å². The summed E-state index contributed by atoms with van der Waals surface area (Å²) in [7, 11) is 0. The van der Waals surface area contributed by atoms with E-state index in [0.717, 1.165) is 12.1 Å². The highest BCUT2D eigenvalue weighted by Crippen LogP contribution is 2.16. The van der Waals surface area contributed by atoms with E-state index in [1.54, 1.807) is 0 Å². The van der Waals surface area contributed by atoms with Crippen LogP contribution < -0.4 is 0 Å². The van der Waals surface area contributed by atoms with Gasteiger partial charge in [0.1, 0.15) is 0 Å². The molecule has 0 saturated heterocycles. The van der Waals surface area contributed by atoms with Gasteiger partial charge in [-0.15, -0.1) is 0 Å². The Bertz CT molecular complexity index is 286. The lowest BCUT2D eigenvalue weighted by atomic mass is 10.1. The van der Waals surface area contributed by atoms with E-state index >= 15 is 0 Å². The molecule has 1 N–H and O–H groups in total. The molecule has 0 aliphatic rings. The minimum Gasteiger partial charge on any atom is -0.359 e. The van der Waals surface area contributed by atoms with E-state index in [0.29, 0.717) is 12.3 Å².